The fourth-order valence-corrected chi connectivity index (χ4v) is 5.30. The molecule has 9 nitrogen and oxygen atoms in total. The minimum absolute atomic E-state index is 0.0166. The molecular formula is C26H25ClF2N6O3. The lowest BCUT2D eigenvalue weighted by Crippen LogP contribution is -2.42. The monoisotopic (exact) mass is 542 g/mol. The summed E-state index contributed by atoms with van der Waals surface area (Å²) in [6.07, 6.45) is 6.38. The number of benzene rings is 1. The first-order valence-electron chi connectivity index (χ1n) is 12.4. The standard InChI is InChI=1S/C26H25ClF2N6O3/c27-16-5-18-20(9-32-23(18)31-8-16)24-33-10-21(29)25(34-24)30-7-14-2-1-3-35(11-14)26(36)19-6-17(28)4-15-12-37-13-38-22(15)19/h4-6,9-10,14,16H,1-3,7-8,11-13H2,(H,31,32)(H,30,33,34)/t14-,16?/m1/s1. The second-order valence-electron chi connectivity index (χ2n) is 9.57. The van der Waals surface area contributed by atoms with Gasteiger partial charge in [-0.15, -0.1) is 11.6 Å². The molecule has 12 heteroatoms. The average molecular weight is 543 g/mol. The number of piperidine rings is 1. The molecule has 0 saturated carbocycles. The maximum absolute atomic E-state index is 14.6. The van der Waals surface area contributed by atoms with Gasteiger partial charge in [-0.3, -0.25) is 9.79 Å². The van der Waals surface area contributed by atoms with Gasteiger partial charge in [0.1, 0.15) is 17.1 Å². The van der Waals surface area contributed by atoms with Crippen LogP contribution in [-0.2, 0) is 11.3 Å². The van der Waals surface area contributed by atoms with Crippen LogP contribution in [0.4, 0.5) is 14.6 Å². The van der Waals surface area contributed by atoms with Gasteiger partial charge in [0, 0.05) is 42.2 Å². The van der Waals surface area contributed by atoms with Gasteiger partial charge < -0.3 is 24.7 Å². The van der Waals surface area contributed by atoms with Gasteiger partial charge in [0.15, 0.2) is 24.3 Å². The molecule has 0 bridgehead atoms. The number of hydrogen-bond acceptors (Lipinski definition) is 7. The van der Waals surface area contributed by atoms with Crippen molar-refractivity contribution < 1.29 is 23.0 Å². The van der Waals surface area contributed by atoms with Crippen molar-refractivity contribution in [3.8, 4) is 17.1 Å². The van der Waals surface area contributed by atoms with Crippen LogP contribution in [0.15, 0.2) is 29.5 Å². The predicted molar refractivity (Wildman–Crippen MR) is 135 cm³/mol. The molecule has 1 amide bonds. The Hall–Kier alpha value is -3.57. The van der Waals surface area contributed by atoms with Crippen LogP contribution in [0, 0.1) is 17.6 Å². The third kappa shape index (κ3) is 4.83. The normalized spacial score (nSPS) is 20.4. The zero-order valence-corrected chi connectivity index (χ0v) is 21.1. The van der Waals surface area contributed by atoms with Gasteiger partial charge in [-0.1, -0.05) is 6.08 Å². The maximum Gasteiger partial charge on any atom is 0.257 e. The van der Waals surface area contributed by atoms with E-state index in [-0.39, 0.29) is 42.0 Å². The Kier molecular flexibility index (Phi) is 6.71. The number of carbonyl (C=O) groups is 1. The molecule has 2 atom stereocenters. The lowest BCUT2D eigenvalue weighted by Gasteiger charge is -2.33. The van der Waals surface area contributed by atoms with Gasteiger partial charge in [-0.05, 0) is 30.9 Å². The van der Waals surface area contributed by atoms with E-state index in [4.69, 9.17) is 21.1 Å². The number of carbonyl (C=O) groups excluding carboxylic acids is 1. The molecule has 198 valence electrons. The van der Waals surface area contributed by atoms with E-state index >= 15 is 0 Å². The quantitative estimate of drug-likeness (QED) is 0.480. The van der Waals surface area contributed by atoms with Crippen molar-refractivity contribution in [2.24, 2.45) is 10.9 Å². The summed E-state index contributed by atoms with van der Waals surface area (Å²) < 4.78 is 39.6. The first-order valence-corrected chi connectivity index (χ1v) is 12.9. The Morgan fingerprint density at radius 1 is 1.32 bits per heavy atom. The van der Waals surface area contributed by atoms with Crippen molar-refractivity contribution in [2.45, 2.75) is 24.8 Å². The number of nitrogens with one attached hydrogen (secondary N) is 2. The minimum atomic E-state index is -0.573. The molecule has 0 radical (unpaired) electrons. The number of likely N-dealkylation sites (tertiary alicyclic amines) is 1. The third-order valence-corrected chi connectivity index (χ3v) is 7.19. The lowest BCUT2D eigenvalue weighted by molar-refractivity contribution is -0.0173. The molecule has 2 N–H and O–H groups in total. The van der Waals surface area contributed by atoms with E-state index in [9.17, 15) is 13.6 Å². The Morgan fingerprint density at radius 2 is 2.21 bits per heavy atom. The third-order valence-electron chi connectivity index (χ3n) is 6.92. The van der Waals surface area contributed by atoms with Gasteiger partial charge in [-0.2, -0.15) is 0 Å². The number of ether oxygens (including phenoxy) is 2. The van der Waals surface area contributed by atoms with Crippen LogP contribution in [0.1, 0.15) is 28.8 Å². The summed E-state index contributed by atoms with van der Waals surface area (Å²) in [4.78, 5) is 31.1. The summed E-state index contributed by atoms with van der Waals surface area (Å²) in [5, 5.41) is 3.66. The van der Waals surface area contributed by atoms with Gasteiger partial charge in [0.05, 0.1) is 30.3 Å². The number of anilines is 1. The molecule has 3 aliphatic heterocycles. The van der Waals surface area contributed by atoms with Crippen LogP contribution in [0.5, 0.6) is 5.75 Å². The van der Waals surface area contributed by atoms with E-state index < -0.39 is 11.6 Å². The van der Waals surface area contributed by atoms with E-state index in [1.807, 2.05) is 6.08 Å². The molecule has 38 heavy (non-hydrogen) atoms. The highest BCUT2D eigenvalue weighted by Crippen LogP contribution is 2.31. The largest absolute Gasteiger partial charge is 0.466 e. The molecular weight excluding hydrogens is 518 g/mol. The maximum atomic E-state index is 14.6. The molecule has 3 aromatic rings. The Bertz CT molecular complexity index is 1510. The average Bonchev–Trinajstić information content (AvgIpc) is 3.35. The highest BCUT2D eigenvalue weighted by Gasteiger charge is 2.29. The molecule has 0 spiro atoms. The smallest absolute Gasteiger partial charge is 0.257 e. The topological polar surface area (TPSA) is 105 Å². The van der Waals surface area contributed by atoms with Crippen molar-refractivity contribution >= 4 is 29.4 Å². The number of halogens is 3. The van der Waals surface area contributed by atoms with Crippen molar-refractivity contribution in [2.75, 3.05) is 38.3 Å². The van der Waals surface area contributed by atoms with Gasteiger partial charge in [0.25, 0.3) is 5.91 Å². The van der Waals surface area contributed by atoms with E-state index in [1.54, 1.807) is 11.1 Å². The van der Waals surface area contributed by atoms with Crippen LogP contribution >= 0.6 is 11.6 Å². The Morgan fingerprint density at radius 3 is 3.11 bits per heavy atom. The molecule has 1 fully saturated rings. The second kappa shape index (κ2) is 10.3. The summed E-state index contributed by atoms with van der Waals surface area (Å²) in [5.41, 5.74) is 2.10. The highest BCUT2D eigenvalue weighted by molar-refractivity contribution is 6.24. The number of hydrogen-bond donors (Lipinski definition) is 2. The van der Waals surface area contributed by atoms with Crippen molar-refractivity contribution in [1.29, 1.82) is 0 Å². The van der Waals surface area contributed by atoms with Crippen LogP contribution in [-0.4, -0.2) is 64.1 Å². The second-order valence-corrected chi connectivity index (χ2v) is 10.1. The fraction of sp³-hybridized carbons (Fsp3) is 0.385. The molecule has 2 aromatic heterocycles. The molecule has 1 aromatic carbocycles. The number of H-pyrrole nitrogens is 1. The van der Waals surface area contributed by atoms with Crippen molar-refractivity contribution in [1.82, 2.24) is 19.9 Å². The Balaban J connectivity index is 1.17. The summed E-state index contributed by atoms with van der Waals surface area (Å²) in [7, 11) is 0. The Labute approximate surface area is 221 Å². The minimum Gasteiger partial charge on any atom is -0.466 e. The highest BCUT2D eigenvalue weighted by atomic mass is 35.5. The number of amides is 1. The first-order chi connectivity index (χ1) is 18.5. The van der Waals surface area contributed by atoms with E-state index in [0.29, 0.717) is 54.4 Å². The summed E-state index contributed by atoms with van der Waals surface area (Å²) >= 11 is 6.23. The summed E-state index contributed by atoms with van der Waals surface area (Å²) in [5.74, 6) is -0.529. The molecule has 3 aliphatic rings. The number of fused-ring (bicyclic) bond motifs is 2. The van der Waals surface area contributed by atoms with Gasteiger partial charge in [-0.25, -0.2) is 18.7 Å². The predicted octanol–water partition coefficient (Wildman–Crippen LogP) is 2.60. The molecule has 0 aliphatic carbocycles. The van der Waals surface area contributed by atoms with Gasteiger partial charge >= 0.3 is 0 Å². The lowest BCUT2D eigenvalue weighted by atomic mass is 9.96. The van der Waals surface area contributed by atoms with Crippen molar-refractivity contribution in [3.05, 3.63) is 58.0 Å². The number of aromatic amines is 1. The molecule has 6 rings (SSSR count). The fourth-order valence-electron chi connectivity index (χ4n) is 5.11. The van der Waals surface area contributed by atoms with Crippen LogP contribution in [0.25, 0.3) is 17.5 Å². The zero-order chi connectivity index (χ0) is 26.2. The number of alkyl halides is 1. The SMILES string of the molecule is O=C(c1cc(F)cc2c1OCOC2)N1CCC[C@H](CNc2nc(-c3c[nH]c4c3=CC(Cl)CN=4)ncc2F)C1. The first kappa shape index (κ1) is 24.7. The summed E-state index contributed by atoms with van der Waals surface area (Å²) in [6, 6.07) is 2.53. The molecule has 1 unspecified atom stereocenters. The van der Waals surface area contributed by atoms with Crippen LogP contribution in [0.2, 0.25) is 0 Å². The van der Waals surface area contributed by atoms with Crippen molar-refractivity contribution in [3.63, 3.8) is 0 Å². The summed E-state index contributed by atoms with van der Waals surface area (Å²) in [6.45, 7) is 2.08. The number of rotatable bonds is 5. The van der Waals surface area contributed by atoms with Crippen LogP contribution < -0.4 is 20.8 Å². The molecule has 5 heterocycles. The van der Waals surface area contributed by atoms with Crippen LogP contribution in [0.3, 0.4) is 0 Å². The number of aromatic nitrogens is 3. The van der Waals surface area contributed by atoms with Gasteiger partial charge in [0.2, 0.25) is 0 Å². The number of nitrogens with zero attached hydrogens (tertiary/aromatic N) is 4. The molecule has 1 saturated heterocycles. The van der Waals surface area contributed by atoms with E-state index in [1.165, 1.54) is 12.1 Å². The van der Waals surface area contributed by atoms with E-state index in [2.05, 4.69) is 25.3 Å². The van der Waals surface area contributed by atoms with E-state index in [0.717, 1.165) is 24.3 Å². The zero-order valence-electron chi connectivity index (χ0n) is 20.3.